The van der Waals surface area contributed by atoms with Gasteiger partial charge in [-0.1, -0.05) is 22.0 Å². The van der Waals surface area contributed by atoms with Crippen LogP contribution in [0.15, 0.2) is 22.7 Å². The number of rotatable bonds is 2. The van der Waals surface area contributed by atoms with Crippen molar-refractivity contribution in [1.82, 2.24) is 0 Å². The summed E-state index contributed by atoms with van der Waals surface area (Å²) in [5.41, 5.74) is 0.0949. The lowest BCUT2D eigenvalue weighted by molar-refractivity contribution is 0.0278. The van der Waals surface area contributed by atoms with Gasteiger partial charge in [0.1, 0.15) is 11.9 Å². The van der Waals surface area contributed by atoms with E-state index in [0.29, 0.717) is 4.47 Å². The number of aliphatic hydroxyl groups excluding tert-OH is 2. The highest BCUT2D eigenvalue weighted by atomic mass is 79.9. The van der Waals surface area contributed by atoms with Crippen molar-refractivity contribution in [3.8, 4) is 0 Å². The molecule has 1 aromatic rings. The van der Waals surface area contributed by atoms with Crippen LogP contribution in [0.5, 0.6) is 0 Å². The first-order valence-corrected chi connectivity index (χ1v) is 4.63. The highest BCUT2D eigenvalue weighted by Crippen LogP contribution is 2.27. The molecule has 1 aromatic carbocycles. The van der Waals surface area contributed by atoms with Crippen LogP contribution < -0.4 is 0 Å². The molecule has 0 heterocycles. The van der Waals surface area contributed by atoms with Gasteiger partial charge in [-0.05, 0) is 19.1 Å². The second-order valence-corrected chi connectivity index (χ2v) is 3.68. The van der Waals surface area contributed by atoms with Gasteiger partial charge in [-0.2, -0.15) is 0 Å². The van der Waals surface area contributed by atoms with Gasteiger partial charge < -0.3 is 10.2 Å². The number of hydrogen-bond acceptors (Lipinski definition) is 2. The molecule has 0 amide bonds. The molecule has 0 spiro atoms. The number of aliphatic hydroxyl groups is 2. The first-order valence-electron chi connectivity index (χ1n) is 3.84. The van der Waals surface area contributed by atoms with E-state index >= 15 is 0 Å². The quantitative estimate of drug-likeness (QED) is 0.841. The molecule has 0 saturated heterocycles. The third-order valence-corrected chi connectivity index (χ3v) is 2.44. The Morgan fingerprint density at radius 3 is 2.46 bits per heavy atom. The predicted octanol–water partition coefficient (Wildman–Crippen LogP) is 2.00. The lowest BCUT2D eigenvalue weighted by Gasteiger charge is -2.15. The molecule has 72 valence electrons. The summed E-state index contributed by atoms with van der Waals surface area (Å²) < 4.78 is 13.6. The molecule has 2 N–H and O–H groups in total. The SMILES string of the molecule is CC(O)C(O)c1c(F)cccc1Br. The minimum absolute atomic E-state index is 0.0949. The maximum atomic E-state index is 13.2. The molecule has 0 bridgehead atoms. The minimum Gasteiger partial charge on any atom is -0.390 e. The summed E-state index contributed by atoms with van der Waals surface area (Å²) in [6.45, 7) is 1.41. The zero-order chi connectivity index (χ0) is 10.0. The maximum Gasteiger partial charge on any atom is 0.130 e. The van der Waals surface area contributed by atoms with Crippen molar-refractivity contribution in [2.45, 2.75) is 19.1 Å². The van der Waals surface area contributed by atoms with Gasteiger partial charge in [0, 0.05) is 10.0 Å². The Balaban J connectivity index is 3.12. The smallest absolute Gasteiger partial charge is 0.130 e. The summed E-state index contributed by atoms with van der Waals surface area (Å²) in [4.78, 5) is 0. The van der Waals surface area contributed by atoms with Crippen LogP contribution in [0.3, 0.4) is 0 Å². The van der Waals surface area contributed by atoms with Crippen LogP contribution in [0.25, 0.3) is 0 Å². The van der Waals surface area contributed by atoms with Crippen LogP contribution in [-0.4, -0.2) is 16.3 Å². The van der Waals surface area contributed by atoms with Gasteiger partial charge in [-0.3, -0.25) is 0 Å². The summed E-state index contributed by atoms with van der Waals surface area (Å²) in [5, 5.41) is 18.5. The van der Waals surface area contributed by atoms with Crippen molar-refractivity contribution in [3.63, 3.8) is 0 Å². The van der Waals surface area contributed by atoms with Crippen molar-refractivity contribution in [2.24, 2.45) is 0 Å². The molecule has 4 heteroatoms. The largest absolute Gasteiger partial charge is 0.390 e. The Labute approximate surface area is 84.1 Å². The molecule has 0 radical (unpaired) electrons. The van der Waals surface area contributed by atoms with E-state index in [-0.39, 0.29) is 5.56 Å². The van der Waals surface area contributed by atoms with E-state index in [1.54, 1.807) is 6.07 Å². The topological polar surface area (TPSA) is 40.5 Å². The molecule has 2 unspecified atom stereocenters. The zero-order valence-corrected chi connectivity index (χ0v) is 8.62. The van der Waals surface area contributed by atoms with Gasteiger partial charge >= 0.3 is 0 Å². The molecular weight excluding hydrogens is 239 g/mol. The average molecular weight is 249 g/mol. The Kier molecular flexibility index (Phi) is 3.41. The van der Waals surface area contributed by atoms with Crippen molar-refractivity contribution >= 4 is 15.9 Å². The van der Waals surface area contributed by atoms with Crippen LogP contribution in [0.1, 0.15) is 18.6 Å². The van der Waals surface area contributed by atoms with Crippen LogP contribution in [0, 0.1) is 5.82 Å². The second-order valence-electron chi connectivity index (χ2n) is 2.82. The summed E-state index contributed by atoms with van der Waals surface area (Å²) in [6, 6.07) is 4.38. The fourth-order valence-corrected chi connectivity index (χ4v) is 1.61. The Morgan fingerprint density at radius 1 is 1.38 bits per heavy atom. The second kappa shape index (κ2) is 4.17. The van der Waals surface area contributed by atoms with Gasteiger partial charge in [0.25, 0.3) is 0 Å². The van der Waals surface area contributed by atoms with E-state index < -0.39 is 18.0 Å². The van der Waals surface area contributed by atoms with Crippen LogP contribution >= 0.6 is 15.9 Å². The van der Waals surface area contributed by atoms with E-state index in [9.17, 15) is 9.50 Å². The van der Waals surface area contributed by atoms with E-state index in [2.05, 4.69) is 15.9 Å². The van der Waals surface area contributed by atoms with E-state index in [4.69, 9.17) is 5.11 Å². The zero-order valence-electron chi connectivity index (χ0n) is 7.04. The Bertz CT molecular complexity index is 281. The van der Waals surface area contributed by atoms with Gasteiger partial charge in [0.2, 0.25) is 0 Å². The first kappa shape index (κ1) is 10.6. The molecule has 0 saturated carbocycles. The first-order chi connectivity index (χ1) is 6.04. The van der Waals surface area contributed by atoms with Gasteiger partial charge in [0.15, 0.2) is 0 Å². The molecule has 0 aromatic heterocycles. The van der Waals surface area contributed by atoms with Crippen LogP contribution in [-0.2, 0) is 0 Å². The van der Waals surface area contributed by atoms with Crippen molar-refractivity contribution < 1.29 is 14.6 Å². The predicted molar refractivity (Wildman–Crippen MR) is 50.7 cm³/mol. The summed E-state index contributed by atoms with van der Waals surface area (Å²) in [6.07, 6.45) is -2.19. The monoisotopic (exact) mass is 248 g/mol. The molecule has 2 atom stereocenters. The van der Waals surface area contributed by atoms with Crippen molar-refractivity contribution in [1.29, 1.82) is 0 Å². The van der Waals surface area contributed by atoms with Crippen LogP contribution in [0.2, 0.25) is 0 Å². The van der Waals surface area contributed by atoms with Gasteiger partial charge in [-0.25, -0.2) is 4.39 Å². The van der Waals surface area contributed by atoms with E-state index in [0.717, 1.165) is 0 Å². The number of halogens is 2. The highest BCUT2D eigenvalue weighted by Gasteiger charge is 2.20. The molecule has 0 fully saturated rings. The van der Waals surface area contributed by atoms with Crippen molar-refractivity contribution in [2.75, 3.05) is 0 Å². The Hall–Kier alpha value is -0.450. The molecule has 0 aliphatic carbocycles. The lowest BCUT2D eigenvalue weighted by Crippen LogP contribution is -2.15. The normalized spacial score (nSPS) is 15.5. The van der Waals surface area contributed by atoms with Gasteiger partial charge in [0.05, 0.1) is 6.10 Å². The summed E-state index contributed by atoms with van der Waals surface area (Å²) in [5.74, 6) is -0.525. The summed E-state index contributed by atoms with van der Waals surface area (Å²) >= 11 is 3.10. The number of benzene rings is 1. The average Bonchev–Trinajstić information content (AvgIpc) is 2.03. The molecule has 0 aliphatic rings. The third-order valence-electron chi connectivity index (χ3n) is 1.75. The molecular formula is C9H10BrFO2. The summed E-state index contributed by atoms with van der Waals surface area (Å²) in [7, 11) is 0. The molecule has 2 nitrogen and oxygen atoms in total. The Morgan fingerprint density at radius 2 is 2.00 bits per heavy atom. The molecule has 13 heavy (non-hydrogen) atoms. The fourth-order valence-electron chi connectivity index (χ4n) is 1.03. The van der Waals surface area contributed by atoms with Crippen LogP contribution in [0.4, 0.5) is 4.39 Å². The highest BCUT2D eigenvalue weighted by molar-refractivity contribution is 9.10. The maximum absolute atomic E-state index is 13.2. The van der Waals surface area contributed by atoms with E-state index in [1.807, 2.05) is 0 Å². The van der Waals surface area contributed by atoms with Crippen molar-refractivity contribution in [3.05, 3.63) is 34.1 Å². The van der Waals surface area contributed by atoms with E-state index in [1.165, 1.54) is 19.1 Å². The lowest BCUT2D eigenvalue weighted by atomic mass is 10.1. The minimum atomic E-state index is -1.20. The number of hydrogen-bond donors (Lipinski definition) is 2. The molecule has 0 aliphatic heterocycles. The molecule has 1 rings (SSSR count). The third kappa shape index (κ3) is 2.27. The standard InChI is InChI=1S/C9H10BrFO2/c1-5(12)9(13)8-6(10)3-2-4-7(8)11/h2-5,9,12-13H,1H3. The van der Waals surface area contributed by atoms with Gasteiger partial charge in [-0.15, -0.1) is 0 Å². The fraction of sp³-hybridized carbons (Fsp3) is 0.333.